The molecule has 1 atom stereocenters. The van der Waals surface area contributed by atoms with Crippen LogP contribution >= 0.6 is 58.3 Å². The van der Waals surface area contributed by atoms with Gasteiger partial charge in [-0.15, -0.1) is 0 Å². The molecule has 11 heteroatoms. The number of carbonyl (C=O) groups is 1. The number of carbonyl (C=O) groups excluding carboxylic acids is 1. The third-order valence-corrected chi connectivity index (χ3v) is 6.16. The van der Waals surface area contributed by atoms with Crippen molar-refractivity contribution in [2.75, 3.05) is 12.3 Å². The van der Waals surface area contributed by atoms with E-state index in [1.54, 1.807) is 0 Å². The smallest absolute Gasteiger partial charge is 0.269 e. The lowest BCUT2D eigenvalue weighted by atomic mass is 10.2. The van der Waals surface area contributed by atoms with E-state index in [1.807, 2.05) is 0 Å². The summed E-state index contributed by atoms with van der Waals surface area (Å²) in [4.78, 5) is 26.6. The zero-order chi connectivity index (χ0) is 17.0. The highest BCUT2D eigenvalue weighted by molar-refractivity contribution is 8.39. The molecule has 0 aliphatic carbocycles. The highest BCUT2D eigenvalue weighted by Gasteiger charge is 2.36. The Kier molecular flexibility index (Phi) is 6.44. The van der Waals surface area contributed by atoms with E-state index in [4.69, 9.17) is 34.8 Å². The van der Waals surface area contributed by atoms with E-state index in [2.05, 4.69) is 10.3 Å². The Bertz CT molecular complexity index is 635. The van der Waals surface area contributed by atoms with Crippen LogP contribution in [0.4, 0.5) is 5.69 Å². The van der Waals surface area contributed by atoms with Gasteiger partial charge in [0.25, 0.3) is 11.6 Å². The fraction of sp³-hybridized carbons (Fsp3) is 0.333. The lowest BCUT2D eigenvalue weighted by Crippen LogP contribution is -2.41. The molecule has 1 aliphatic rings. The maximum absolute atomic E-state index is 12.2. The van der Waals surface area contributed by atoms with Gasteiger partial charge in [0, 0.05) is 23.4 Å². The van der Waals surface area contributed by atoms with Gasteiger partial charge in [-0.3, -0.25) is 19.9 Å². The number of halogens is 3. The monoisotopic (exact) mass is 413 g/mol. The number of aliphatic imine (C=N–C) groups is 1. The number of amides is 1. The van der Waals surface area contributed by atoms with Crippen LogP contribution < -0.4 is 5.32 Å². The van der Waals surface area contributed by atoms with E-state index in [0.29, 0.717) is 6.54 Å². The molecule has 1 heterocycles. The second kappa shape index (κ2) is 7.94. The van der Waals surface area contributed by atoms with Crippen LogP contribution in [0.1, 0.15) is 10.4 Å². The molecular formula is C12H10Cl3N3O3S2. The summed E-state index contributed by atoms with van der Waals surface area (Å²) in [5.41, 5.74) is 0.127. The number of non-ortho nitro benzene ring substituents is 1. The highest BCUT2D eigenvalue weighted by atomic mass is 35.6. The number of hydrogen-bond donors (Lipinski definition) is 1. The third kappa shape index (κ3) is 5.42. The van der Waals surface area contributed by atoms with Crippen molar-refractivity contribution in [3.8, 4) is 0 Å². The van der Waals surface area contributed by atoms with E-state index < -0.39 is 20.0 Å². The number of hydrogen-bond acceptors (Lipinski definition) is 6. The normalized spacial score (nSPS) is 15.9. The average molecular weight is 415 g/mol. The van der Waals surface area contributed by atoms with Crippen LogP contribution in [0, 0.1) is 10.1 Å². The Morgan fingerprint density at radius 2 is 2.04 bits per heavy atom. The van der Waals surface area contributed by atoms with E-state index in [1.165, 1.54) is 47.8 Å². The first kappa shape index (κ1) is 18.7. The third-order valence-electron chi connectivity index (χ3n) is 2.68. The van der Waals surface area contributed by atoms with Crippen LogP contribution in [0.2, 0.25) is 0 Å². The molecule has 0 saturated heterocycles. The second-order valence-corrected chi connectivity index (χ2v) is 9.12. The highest BCUT2D eigenvalue weighted by Crippen LogP contribution is 2.39. The summed E-state index contributed by atoms with van der Waals surface area (Å²) < 4.78 is -0.988. The van der Waals surface area contributed by atoms with E-state index in [-0.39, 0.29) is 11.3 Å². The molecule has 0 bridgehead atoms. The fourth-order valence-corrected chi connectivity index (χ4v) is 4.18. The molecular weight excluding hydrogens is 405 g/mol. The summed E-state index contributed by atoms with van der Waals surface area (Å²) in [7, 11) is 0. The van der Waals surface area contributed by atoms with Crippen LogP contribution in [0.15, 0.2) is 29.3 Å². The second-order valence-electron chi connectivity index (χ2n) is 4.31. The molecule has 0 fully saturated rings. The summed E-state index contributed by atoms with van der Waals surface area (Å²) in [5, 5.41) is 12.4. The number of benzene rings is 1. The van der Waals surface area contributed by atoms with Gasteiger partial charge in [0.05, 0.1) is 11.5 Å². The quantitative estimate of drug-likeness (QED) is 0.350. The van der Waals surface area contributed by atoms with Crippen molar-refractivity contribution < 1.29 is 9.72 Å². The van der Waals surface area contributed by atoms with Crippen LogP contribution in [-0.4, -0.2) is 36.7 Å². The molecule has 0 saturated carbocycles. The SMILES string of the molecule is O=C(NC(SC1=NCCS1)C(Cl)(Cl)Cl)c1ccc([N+](=O)[O-])cc1. The topological polar surface area (TPSA) is 84.6 Å². The predicted molar refractivity (Wildman–Crippen MR) is 97.0 cm³/mol. The molecule has 0 radical (unpaired) electrons. The van der Waals surface area contributed by atoms with Gasteiger partial charge in [-0.25, -0.2) is 0 Å². The van der Waals surface area contributed by atoms with Gasteiger partial charge in [-0.05, 0) is 12.1 Å². The van der Waals surface area contributed by atoms with E-state index >= 15 is 0 Å². The molecule has 2 rings (SSSR count). The minimum Gasteiger partial charge on any atom is -0.336 e. The average Bonchev–Trinajstić information content (AvgIpc) is 2.98. The van der Waals surface area contributed by atoms with Gasteiger partial charge < -0.3 is 5.32 Å². The molecule has 1 aromatic carbocycles. The molecule has 1 amide bonds. The molecule has 1 aliphatic heterocycles. The molecule has 1 unspecified atom stereocenters. The molecule has 1 aromatic rings. The summed E-state index contributed by atoms with van der Waals surface area (Å²) in [6, 6.07) is 5.16. The Morgan fingerprint density at radius 1 is 1.39 bits per heavy atom. The van der Waals surface area contributed by atoms with E-state index in [0.717, 1.165) is 10.1 Å². The van der Waals surface area contributed by atoms with Gasteiger partial charge in [-0.1, -0.05) is 58.3 Å². The first-order valence-electron chi connectivity index (χ1n) is 6.23. The maximum atomic E-state index is 12.2. The summed E-state index contributed by atoms with van der Waals surface area (Å²) >= 11 is 20.4. The molecule has 0 aromatic heterocycles. The lowest BCUT2D eigenvalue weighted by molar-refractivity contribution is -0.384. The molecule has 1 N–H and O–H groups in total. The van der Waals surface area contributed by atoms with Crippen LogP contribution in [0.25, 0.3) is 0 Å². The number of nitrogens with zero attached hydrogens (tertiary/aromatic N) is 2. The first-order valence-corrected chi connectivity index (χ1v) is 9.23. The van der Waals surface area contributed by atoms with Crippen LogP contribution in [-0.2, 0) is 0 Å². The van der Waals surface area contributed by atoms with Crippen molar-refractivity contribution >= 4 is 74.3 Å². The first-order chi connectivity index (χ1) is 10.8. The lowest BCUT2D eigenvalue weighted by Gasteiger charge is -2.24. The zero-order valence-corrected chi connectivity index (χ0v) is 15.3. The maximum Gasteiger partial charge on any atom is 0.269 e. The van der Waals surface area contributed by atoms with E-state index in [9.17, 15) is 14.9 Å². The van der Waals surface area contributed by atoms with Gasteiger partial charge in [0.2, 0.25) is 3.79 Å². The minimum atomic E-state index is -1.73. The van der Waals surface area contributed by atoms with Crippen LogP contribution in [0.5, 0.6) is 0 Å². The Labute approximate surface area is 155 Å². The molecule has 0 spiro atoms. The van der Waals surface area contributed by atoms with Gasteiger partial charge in [-0.2, -0.15) is 0 Å². The largest absolute Gasteiger partial charge is 0.336 e. The Balaban J connectivity index is 2.08. The van der Waals surface area contributed by atoms with Gasteiger partial charge >= 0.3 is 0 Å². The predicted octanol–water partition coefficient (Wildman–Crippen LogP) is 3.86. The van der Waals surface area contributed by atoms with Crippen molar-refractivity contribution in [2.24, 2.45) is 4.99 Å². The number of alkyl halides is 3. The number of nitro groups is 1. The number of nitrogens with one attached hydrogen (secondary N) is 1. The Hall–Kier alpha value is -0.670. The van der Waals surface area contributed by atoms with Crippen molar-refractivity contribution in [3.63, 3.8) is 0 Å². The fourth-order valence-electron chi connectivity index (χ4n) is 1.60. The number of thioether (sulfide) groups is 2. The Morgan fingerprint density at radius 3 is 2.52 bits per heavy atom. The standard InChI is InChI=1S/C12H10Cl3N3O3S2/c13-12(14,15)10(23-11-16-5-6-22-11)17-9(19)7-1-3-8(4-2-7)18(20)21/h1-4,10H,5-6H2,(H,17,19). The number of nitro benzene ring substituents is 1. The van der Waals surface area contributed by atoms with Crippen molar-refractivity contribution in [2.45, 2.75) is 9.17 Å². The van der Waals surface area contributed by atoms with Crippen LogP contribution in [0.3, 0.4) is 0 Å². The van der Waals surface area contributed by atoms with Crippen molar-refractivity contribution in [3.05, 3.63) is 39.9 Å². The molecule has 124 valence electrons. The van der Waals surface area contributed by atoms with Gasteiger partial charge in [0.1, 0.15) is 9.75 Å². The summed E-state index contributed by atoms with van der Waals surface area (Å²) in [6.45, 7) is 0.690. The van der Waals surface area contributed by atoms with Gasteiger partial charge in [0.15, 0.2) is 0 Å². The molecule has 23 heavy (non-hydrogen) atoms. The molecule has 6 nitrogen and oxygen atoms in total. The van der Waals surface area contributed by atoms with Crippen molar-refractivity contribution in [1.82, 2.24) is 5.32 Å². The summed E-state index contributed by atoms with van der Waals surface area (Å²) in [5.74, 6) is 0.359. The number of rotatable bonds is 4. The summed E-state index contributed by atoms with van der Waals surface area (Å²) in [6.07, 6.45) is 0. The zero-order valence-electron chi connectivity index (χ0n) is 11.4. The minimum absolute atomic E-state index is 0.106. The van der Waals surface area contributed by atoms with Crippen molar-refractivity contribution in [1.29, 1.82) is 0 Å².